The fraction of sp³-hybridized carbons (Fsp3) is 0.900. The molecule has 4 nitrogen and oxygen atoms in total. The van der Waals surface area contributed by atoms with Crippen molar-refractivity contribution in [3.8, 4) is 0 Å². The lowest BCUT2D eigenvalue weighted by Gasteiger charge is -2.49. The van der Waals surface area contributed by atoms with E-state index in [-0.39, 0.29) is 11.3 Å². The van der Waals surface area contributed by atoms with Crippen molar-refractivity contribution >= 4 is 6.21 Å². The zero-order valence-electron chi connectivity index (χ0n) is 23.0. The molecule has 196 valence electrons. The maximum atomic E-state index is 10.8. The molecular weight excluding hydrogens is 422 g/mol. The second-order valence-electron chi connectivity index (χ2n) is 13.4. The SMILES string of the molecule is COCCC(C)(O)CC[C@@H](C)[C@H]1CC[C@H]2CC/C=C3/C[C@@](C)(O)CCC3(C)[C@H](C=N)CC[C@@]21C. The molecule has 34 heavy (non-hydrogen) atoms. The van der Waals surface area contributed by atoms with Crippen LogP contribution in [-0.4, -0.2) is 41.3 Å². The maximum absolute atomic E-state index is 10.8. The van der Waals surface area contributed by atoms with Gasteiger partial charge in [0.15, 0.2) is 0 Å². The van der Waals surface area contributed by atoms with Crippen molar-refractivity contribution in [2.45, 2.75) is 123 Å². The number of hydrogen-bond acceptors (Lipinski definition) is 4. The summed E-state index contributed by atoms with van der Waals surface area (Å²) in [5.41, 5.74) is 0.466. The van der Waals surface area contributed by atoms with Crippen LogP contribution in [0.3, 0.4) is 0 Å². The summed E-state index contributed by atoms with van der Waals surface area (Å²) in [5.74, 6) is 2.25. The van der Waals surface area contributed by atoms with E-state index < -0.39 is 11.2 Å². The zero-order chi connectivity index (χ0) is 25.2. The number of fused-ring (bicyclic) bond motifs is 2. The fourth-order valence-corrected chi connectivity index (χ4v) is 7.96. The molecule has 0 aromatic carbocycles. The molecule has 3 N–H and O–H groups in total. The van der Waals surface area contributed by atoms with Crippen LogP contribution in [0.5, 0.6) is 0 Å². The van der Waals surface area contributed by atoms with Crippen LogP contribution < -0.4 is 0 Å². The molecule has 3 aliphatic rings. The molecule has 4 heteroatoms. The lowest BCUT2D eigenvalue weighted by Crippen LogP contribution is -2.43. The summed E-state index contributed by atoms with van der Waals surface area (Å²) in [6.07, 6.45) is 16.5. The van der Waals surface area contributed by atoms with E-state index in [4.69, 9.17) is 10.1 Å². The van der Waals surface area contributed by atoms with Crippen molar-refractivity contribution < 1.29 is 14.9 Å². The molecule has 0 aliphatic heterocycles. The van der Waals surface area contributed by atoms with E-state index in [1.807, 2.05) is 13.8 Å². The number of ether oxygens (including phenoxy) is 1. The summed E-state index contributed by atoms with van der Waals surface area (Å²) in [5, 5.41) is 30.0. The lowest BCUT2D eigenvalue weighted by atomic mass is 9.57. The summed E-state index contributed by atoms with van der Waals surface area (Å²) in [7, 11) is 1.70. The number of nitrogens with one attached hydrogen (secondary N) is 1. The Morgan fingerprint density at radius 2 is 1.88 bits per heavy atom. The van der Waals surface area contributed by atoms with Gasteiger partial charge in [0, 0.05) is 19.6 Å². The first kappa shape index (κ1) is 27.9. The van der Waals surface area contributed by atoms with Crippen LogP contribution in [0.4, 0.5) is 0 Å². The van der Waals surface area contributed by atoms with E-state index in [1.54, 1.807) is 13.3 Å². The number of allylic oxidation sites excluding steroid dienone is 1. The number of rotatable bonds is 8. The van der Waals surface area contributed by atoms with Crippen molar-refractivity contribution in [1.82, 2.24) is 0 Å². The Hall–Kier alpha value is -0.710. The first-order chi connectivity index (χ1) is 15.9. The first-order valence-electron chi connectivity index (χ1n) is 14.0. The number of methoxy groups -OCH3 is 1. The highest BCUT2D eigenvalue weighted by molar-refractivity contribution is 5.60. The summed E-state index contributed by atoms with van der Waals surface area (Å²) in [6.45, 7) is 11.9. The van der Waals surface area contributed by atoms with E-state index in [9.17, 15) is 10.2 Å². The van der Waals surface area contributed by atoms with Gasteiger partial charge in [-0.05, 0) is 126 Å². The van der Waals surface area contributed by atoms with Crippen LogP contribution in [-0.2, 0) is 4.74 Å². The third-order valence-electron chi connectivity index (χ3n) is 10.7. The number of aliphatic hydroxyl groups is 2. The standard InChI is InChI=1S/C30H53NO3/c1-22(12-14-27(2,32)18-19-34-6)26-11-10-23-8-7-9-24-20-28(3,33)16-17-29(24,4)25(21-31)13-15-30(23,26)5/h9,21-23,25-26,31-33H,7-8,10-20H2,1-6H3/b24-9-,31-21?/t22-,23-,25+,26-,27?,28+,29?,30+/m1/s1. The Morgan fingerprint density at radius 1 is 1.15 bits per heavy atom. The highest BCUT2D eigenvalue weighted by atomic mass is 16.5. The van der Waals surface area contributed by atoms with Gasteiger partial charge in [-0.25, -0.2) is 0 Å². The summed E-state index contributed by atoms with van der Waals surface area (Å²) < 4.78 is 5.20. The Morgan fingerprint density at radius 3 is 2.56 bits per heavy atom. The molecule has 2 saturated carbocycles. The second-order valence-corrected chi connectivity index (χ2v) is 13.4. The fourth-order valence-electron chi connectivity index (χ4n) is 7.96. The van der Waals surface area contributed by atoms with E-state index in [2.05, 4.69) is 26.8 Å². The van der Waals surface area contributed by atoms with Crippen molar-refractivity contribution in [2.75, 3.05) is 13.7 Å². The Kier molecular flexibility index (Phi) is 8.79. The van der Waals surface area contributed by atoms with Crippen molar-refractivity contribution in [2.24, 2.45) is 34.5 Å². The molecule has 0 heterocycles. The van der Waals surface area contributed by atoms with Crippen LogP contribution >= 0.6 is 0 Å². The Bertz CT molecular complexity index is 729. The third-order valence-corrected chi connectivity index (χ3v) is 10.7. The van der Waals surface area contributed by atoms with Gasteiger partial charge in [-0.1, -0.05) is 32.4 Å². The average molecular weight is 476 g/mol. The van der Waals surface area contributed by atoms with E-state index in [0.29, 0.717) is 30.3 Å². The van der Waals surface area contributed by atoms with Gasteiger partial charge in [0.2, 0.25) is 0 Å². The molecule has 0 amide bonds. The van der Waals surface area contributed by atoms with Gasteiger partial charge in [0.1, 0.15) is 0 Å². The summed E-state index contributed by atoms with van der Waals surface area (Å²) in [6, 6.07) is 0. The molecule has 8 atom stereocenters. The minimum atomic E-state index is -0.650. The van der Waals surface area contributed by atoms with E-state index >= 15 is 0 Å². The number of hydrogen-bond donors (Lipinski definition) is 3. The minimum Gasteiger partial charge on any atom is -0.390 e. The topological polar surface area (TPSA) is 73.5 Å². The quantitative estimate of drug-likeness (QED) is 0.263. The van der Waals surface area contributed by atoms with Crippen LogP contribution in [0.25, 0.3) is 0 Å². The summed E-state index contributed by atoms with van der Waals surface area (Å²) in [4.78, 5) is 0. The van der Waals surface area contributed by atoms with Gasteiger partial charge in [-0.15, -0.1) is 0 Å². The van der Waals surface area contributed by atoms with Crippen molar-refractivity contribution in [3.05, 3.63) is 11.6 Å². The van der Waals surface area contributed by atoms with E-state index in [1.165, 1.54) is 31.3 Å². The molecular formula is C30H53NO3. The normalized spacial score (nSPS) is 43.1. The average Bonchev–Trinajstić information content (AvgIpc) is 3.10. The van der Waals surface area contributed by atoms with Gasteiger partial charge in [0.05, 0.1) is 11.2 Å². The smallest absolute Gasteiger partial charge is 0.0657 e. The van der Waals surface area contributed by atoms with Crippen LogP contribution in [0, 0.1) is 39.9 Å². The van der Waals surface area contributed by atoms with Crippen LogP contribution in [0.1, 0.15) is 112 Å². The van der Waals surface area contributed by atoms with Gasteiger partial charge in [0.25, 0.3) is 0 Å². The minimum absolute atomic E-state index is 0.00690. The Balaban J connectivity index is 1.77. The highest BCUT2D eigenvalue weighted by Crippen LogP contribution is 2.59. The van der Waals surface area contributed by atoms with Crippen LogP contribution in [0.15, 0.2) is 11.6 Å². The maximum Gasteiger partial charge on any atom is 0.0657 e. The molecule has 0 aromatic heterocycles. The molecule has 0 aromatic rings. The molecule has 3 aliphatic carbocycles. The lowest BCUT2D eigenvalue weighted by molar-refractivity contribution is -0.000276. The third kappa shape index (κ3) is 5.98. The molecule has 0 saturated heterocycles. The van der Waals surface area contributed by atoms with Crippen molar-refractivity contribution in [3.63, 3.8) is 0 Å². The second kappa shape index (κ2) is 10.7. The first-order valence-corrected chi connectivity index (χ1v) is 14.0. The van der Waals surface area contributed by atoms with Gasteiger partial charge in [-0.2, -0.15) is 0 Å². The predicted molar refractivity (Wildman–Crippen MR) is 141 cm³/mol. The zero-order valence-corrected chi connectivity index (χ0v) is 23.0. The predicted octanol–water partition coefficient (Wildman–Crippen LogP) is 6.93. The van der Waals surface area contributed by atoms with Crippen molar-refractivity contribution in [1.29, 1.82) is 5.41 Å². The molecule has 0 radical (unpaired) electrons. The van der Waals surface area contributed by atoms with Gasteiger partial charge < -0.3 is 20.4 Å². The molecule has 2 fully saturated rings. The van der Waals surface area contributed by atoms with Crippen LogP contribution in [0.2, 0.25) is 0 Å². The van der Waals surface area contributed by atoms with E-state index in [0.717, 1.165) is 50.9 Å². The summed E-state index contributed by atoms with van der Waals surface area (Å²) >= 11 is 0. The van der Waals surface area contributed by atoms with Gasteiger partial charge >= 0.3 is 0 Å². The largest absolute Gasteiger partial charge is 0.390 e. The van der Waals surface area contributed by atoms with Gasteiger partial charge in [-0.3, -0.25) is 0 Å². The molecule has 2 unspecified atom stereocenters. The molecule has 0 spiro atoms. The molecule has 0 bridgehead atoms. The monoisotopic (exact) mass is 475 g/mol. The molecule has 3 rings (SSSR count). The Labute approximate surface area is 209 Å². The highest BCUT2D eigenvalue weighted by Gasteiger charge is 2.50.